The molecule has 0 aromatic heterocycles. The lowest BCUT2D eigenvalue weighted by Gasteiger charge is -2.46. The van der Waals surface area contributed by atoms with Gasteiger partial charge in [0.25, 0.3) is 0 Å². The zero-order valence-electron chi connectivity index (χ0n) is 12.2. The van der Waals surface area contributed by atoms with Crippen LogP contribution in [0.4, 0.5) is 0 Å². The SMILES string of the molecule is CCN(CC(C)C#N)C1CCOC2(CCSCC2)C1. The average Bonchev–Trinajstić information content (AvgIpc) is 2.45. The van der Waals surface area contributed by atoms with Crippen LogP contribution in [0.1, 0.15) is 39.5 Å². The minimum absolute atomic E-state index is 0.126. The van der Waals surface area contributed by atoms with Gasteiger partial charge in [0, 0.05) is 19.2 Å². The number of ether oxygens (including phenoxy) is 1. The highest BCUT2D eigenvalue weighted by Gasteiger charge is 2.40. The second-order valence-corrected chi connectivity index (χ2v) is 7.13. The van der Waals surface area contributed by atoms with Gasteiger partial charge in [-0.05, 0) is 50.7 Å². The zero-order chi connectivity index (χ0) is 13.7. The number of nitriles is 1. The molecule has 0 amide bonds. The van der Waals surface area contributed by atoms with E-state index in [2.05, 4.69) is 29.7 Å². The third kappa shape index (κ3) is 3.87. The number of rotatable bonds is 4. The third-order valence-electron chi connectivity index (χ3n) is 4.52. The fourth-order valence-corrected chi connectivity index (χ4v) is 4.57. The van der Waals surface area contributed by atoms with Crippen LogP contribution in [0.2, 0.25) is 0 Å². The van der Waals surface area contributed by atoms with Gasteiger partial charge in [0.1, 0.15) is 0 Å². The van der Waals surface area contributed by atoms with E-state index in [0.29, 0.717) is 6.04 Å². The van der Waals surface area contributed by atoms with Crippen molar-refractivity contribution in [1.29, 1.82) is 5.26 Å². The lowest BCUT2D eigenvalue weighted by molar-refractivity contribution is -0.110. The number of hydrogen-bond acceptors (Lipinski definition) is 4. The minimum atomic E-state index is 0.126. The molecule has 2 rings (SSSR count). The first-order chi connectivity index (χ1) is 9.19. The predicted molar refractivity (Wildman–Crippen MR) is 80.3 cm³/mol. The Balaban J connectivity index is 1.96. The lowest BCUT2D eigenvalue weighted by atomic mass is 9.84. The van der Waals surface area contributed by atoms with E-state index in [1.165, 1.54) is 30.8 Å². The molecule has 0 bridgehead atoms. The molecule has 0 saturated carbocycles. The van der Waals surface area contributed by atoms with E-state index >= 15 is 0 Å². The first kappa shape index (κ1) is 15.2. The molecule has 2 heterocycles. The van der Waals surface area contributed by atoms with E-state index in [1.54, 1.807) is 0 Å². The second kappa shape index (κ2) is 6.97. The van der Waals surface area contributed by atoms with E-state index in [0.717, 1.165) is 26.1 Å². The Kier molecular flexibility index (Phi) is 5.56. The molecule has 4 heteroatoms. The normalized spacial score (nSPS) is 28.2. The molecule has 3 nitrogen and oxygen atoms in total. The van der Waals surface area contributed by atoms with Gasteiger partial charge in [-0.15, -0.1) is 0 Å². The second-order valence-electron chi connectivity index (χ2n) is 5.91. The van der Waals surface area contributed by atoms with Gasteiger partial charge in [-0.25, -0.2) is 0 Å². The Labute approximate surface area is 121 Å². The number of thioether (sulfide) groups is 1. The summed E-state index contributed by atoms with van der Waals surface area (Å²) in [7, 11) is 0. The minimum Gasteiger partial charge on any atom is -0.375 e. The molecule has 2 saturated heterocycles. The van der Waals surface area contributed by atoms with Crippen molar-refractivity contribution in [3.63, 3.8) is 0 Å². The third-order valence-corrected chi connectivity index (χ3v) is 5.51. The van der Waals surface area contributed by atoms with E-state index in [4.69, 9.17) is 10.00 Å². The van der Waals surface area contributed by atoms with Crippen LogP contribution in [0.5, 0.6) is 0 Å². The van der Waals surface area contributed by atoms with Crippen LogP contribution in [0.15, 0.2) is 0 Å². The van der Waals surface area contributed by atoms with Crippen LogP contribution in [0.25, 0.3) is 0 Å². The van der Waals surface area contributed by atoms with E-state index in [-0.39, 0.29) is 11.5 Å². The molecule has 2 aliphatic heterocycles. The van der Waals surface area contributed by atoms with Crippen molar-refractivity contribution in [3.05, 3.63) is 0 Å². The van der Waals surface area contributed by atoms with Crippen LogP contribution < -0.4 is 0 Å². The monoisotopic (exact) mass is 282 g/mol. The average molecular weight is 282 g/mol. The lowest BCUT2D eigenvalue weighted by Crippen LogP contribution is -2.51. The van der Waals surface area contributed by atoms with Crippen LogP contribution in [-0.2, 0) is 4.74 Å². The maximum Gasteiger partial charge on any atom is 0.0713 e. The molecule has 0 N–H and O–H groups in total. The first-order valence-corrected chi connectivity index (χ1v) is 8.70. The summed E-state index contributed by atoms with van der Waals surface area (Å²) in [5.74, 6) is 2.61. The summed E-state index contributed by atoms with van der Waals surface area (Å²) in [5, 5.41) is 9.02. The zero-order valence-corrected chi connectivity index (χ0v) is 13.0. The highest BCUT2D eigenvalue weighted by molar-refractivity contribution is 7.99. The Bertz CT molecular complexity index is 317. The van der Waals surface area contributed by atoms with E-state index in [1.807, 2.05) is 6.92 Å². The Morgan fingerprint density at radius 1 is 1.47 bits per heavy atom. The van der Waals surface area contributed by atoms with Crippen molar-refractivity contribution in [2.75, 3.05) is 31.2 Å². The molecule has 2 unspecified atom stereocenters. The van der Waals surface area contributed by atoms with Gasteiger partial charge >= 0.3 is 0 Å². The summed E-state index contributed by atoms with van der Waals surface area (Å²) in [4.78, 5) is 2.50. The Hall–Kier alpha value is -0.240. The summed E-state index contributed by atoms with van der Waals surface area (Å²) in [6, 6.07) is 2.97. The summed E-state index contributed by atoms with van der Waals surface area (Å²) < 4.78 is 6.16. The maximum absolute atomic E-state index is 9.02. The van der Waals surface area contributed by atoms with Crippen molar-refractivity contribution >= 4 is 11.8 Å². The molecule has 0 radical (unpaired) electrons. The fraction of sp³-hybridized carbons (Fsp3) is 0.933. The Morgan fingerprint density at radius 3 is 2.84 bits per heavy atom. The highest BCUT2D eigenvalue weighted by Crippen LogP contribution is 2.38. The number of nitrogens with zero attached hydrogens (tertiary/aromatic N) is 2. The molecular formula is C15H26N2OS. The summed E-state index contributed by atoms with van der Waals surface area (Å²) in [6.07, 6.45) is 4.71. The van der Waals surface area contributed by atoms with Crippen LogP contribution in [0, 0.1) is 17.2 Å². The van der Waals surface area contributed by atoms with E-state index < -0.39 is 0 Å². The standard InChI is InChI=1S/C15H26N2OS/c1-3-17(12-13(2)11-16)14-4-7-18-15(10-14)5-8-19-9-6-15/h13-14H,3-10,12H2,1-2H3. The molecule has 2 fully saturated rings. The van der Waals surface area contributed by atoms with Gasteiger partial charge in [-0.2, -0.15) is 17.0 Å². The fourth-order valence-electron chi connectivity index (χ4n) is 3.33. The van der Waals surface area contributed by atoms with Gasteiger partial charge in [0.15, 0.2) is 0 Å². The van der Waals surface area contributed by atoms with Crippen molar-refractivity contribution in [2.45, 2.75) is 51.2 Å². The van der Waals surface area contributed by atoms with Gasteiger partial charge in [-0.1, -0.05) is 6.92 Å². The van der Waals surface area contributed by atoms with Crippen molar-refractivity contribution in [1.82, 2.24) is 4.90 Å². The molecular weight excluding hydrogens is 256 g/mol. The van der Waals surface area contributed by atoms with Crippen molar-refractivity contribution in [3.8, 4) is 6.07 Å². The smallest absolute Gasteiger partial charge is 0.0713 e. The predicted octanol–water partition coefficient (Wildman–Crippen LogP) is 2.91. The molecule has 0 aliphatic carbocycles. The highest BCUT2D eigenvalue weighted by atomic mass is 32.2. The molecule has 108 valence electrons. The van der Waals surface area contributed by atoms with Crippen molar-refractivity contribution in [2.24, 2.45) is 5.92 Å². The van der Waals surface area contributed by atoms with Gasteiger partial charge in [0.05, 0.1) is 17.6 Å². The van der Waals surface area contributed by atoms with Crippen LogP contribution in [-0.4, -0.2) is 47.7 Å². The molecule has 2 atom stereocenters. The van der Waals surface area contributed by atoms with Gasteiger partial charge < -0.3 is 4.74 Å². The molecule has 1 spiro atoms. The molecule has 0 aromatic carbocycles. The summed E-state index contributed by atoms with van der Waals surface area (Å²) >= 11 is 2.06. The topological polar surface area (TPSA) is 36.3 Å². The van der Waals surface area contributed by atoms with Crippen LogP contribution >= 0.6 is 11.8 Å². The molecule has 0 aromatic rings. The molecule has 2 aliphatic rings. The first-order valence-electron chi connectivity index (χ1n) is 7.54. The summed E-state index contributed by atoms with van der Waals surface area (Å²) in [5.41, 5.74) is 0.150. The Morgan fingerprint density at radius 2 is 2.21 bits per heavy atom. The van der Waals surface area contributed by atoms with Gasteiger partial charge in [0.2, 0.25) is 0 Å². The number of hydrogen-bond donors (Lipinski definition) is 0. The van der Waals surface area contributed by atoms with E-state index in [9.17, 15) is 0 Å². The van der Waals surface area contributed by atoms with Crippen molar-refractivity contribution < 1.29 is 4.74 Å². The molecule has 19 heavy (non-hydrogen) atoms. The largest absolute Gasteiger partial charge is 0.375 e. The quantitative estimate of drug-likeness (QED) is 0.794. The summed E-state index contributed by atoms with van der Waals surface area (Å²) in [6.45, 7) is 7.08. The van der Waals surface area contributed by atoms with Gasteiger partial charge in [-0.3, -0.25) is 4.90 Å². The maximum atomic E-state index is 9.02. The van der Waals surface area contributed by atoms with Crippen LogP contribution in [0.3, 0.4) is 0 Å².